The molecule has 0 bridgehead atoms. The number of ether oxygens (including phenoxy) is 2. The van der Waals surface area contributed by atoms with Gasteiger partial charge in [-0.1, -0.05) is 34.1 Å². The van der Waals surface area contributed by atoms with E-state index >= 15 is 0 Å². The second-order valence-corrected chi connectivity index (χ2v) is 5.42. The van der Waals surface area contributed by atoms with Crippen LogP contribution in [0.1, 0.15) is 24.5 Å². The van der Waals surface area contributed by atoms with E-state index in [0.717, 1.165) is 17.7 Å². The minimum atomic E-state index is 0.250. The highest BCUT2D eigenvalue weighted by molar-refractivity contribution is 9.10. The normalized spacial score (nSPS) is 25.4. The Balaban J connectivity index is 1.73. The summed E-state index contributed by atoms with van der Waals surface area (Å²) in [5, 5.41) is 0. The number of epoxide rings is 1. The van der Waals surface area contributed by atoms with Crippen LogP contribution in [0.4, 0.5) is 0 Å². The van der Waals surface area contributed by atoms with E-state index in [2.05, 4.69) is 34.1 Å². The fourth-order valence-electron chi connectivity index (χ4n) is 1.96. The zero-order valence-electron chi connectivity index (χ0n) is 9.06. The predicted molar refractivity (Wildman–Crippen MR) is 65.3 cm³/mol. The average Bonchev–Trinajstić information content (AvgIpc) is 3.15. The fraction of sp³-hybridized carbons (Fsp3) is 0.538. The predicted octanol–water partition coefficient (Wildman–Crippen LogP) is 3.32. The maximum absolute atomic E-state index is 6.00. The standard InChI is InChI=1S/C13H15BrO2/c14-12-4-2-1-3-11(12)13(9-5-6-9)16-8-10-7-15-10/h1-4,9-10,13H,5-8H2/t10-,13+/m1/s1. The van der Waals surface area contributed by atoms with Crippen molar-refractivity contribution in [2.24, 2.45) is 5.92 Å². The molecule has 2 atom stereocenters. The third kappa shape index (κ3) is 2.47. The van der Waals surface area contributed by atoms with Gasteiger partial charge in [-0.05, 0) is 30.4 Å². The van der Waals surface area contributed by atoms with Crippen molar-refractivity contribution in [3.05, 3.63) is 34.3 Å². The van der Waals surface area contributed by atoms with Gasteiger partial charge in [0.25, 0.3) is 0 Å². The molecule has 0 spiro atoms. The molecule has 86 valence electrons. The first kappa shape index (κ1) is 10.8. The molecule has 3 heteroatoms. The molecule has 2 aliphatic rings. The molecule has 0 N–H and O–H groups in total. The van der Waals surface area contributed by atoms with Crippen LogP contribution in [-0.4, -0.2) is 19.3 Å². The monoisotopic (exact) mass is 282 g/mol. The minimum absolute atomic E-state index is 0.250. The molecule has 1 aliphatic carbocycles. The van der Waals surface area contributed by atoms with Gasteiger partial charge in [-0.15, -0.1) is 0 Å². The highest BCUT2D eigenvalue weighted by atomic mass is 79.9. The third-order valence-corrected chi connectivity index (χ3v) is 3.85. The Morgan fingerprint density at radius 1 is 1.38 bits per heavy atom. The van der Waals surface area contributed by atoms with Gasteiger partial charge in [-0.2, -0.15) is 0 Å². The van der Waals surface area contributed by atoms with E-state index in [4.69, 9.17) is 9.47 Å². The van der Waals surface area contributed by atoms with Gasteiger partial charge in [0.2, 0.25) is 0 Å². The van der Waals surface area contributed by atoms with Gasteiger partial charge in [-0.3, -0.25) is 0 Å². The molecule has 1 heterocycles. The molecular weight excluding hydrogens is 268 g/mol. The Morgan fingerprint density at radius 2 is 2.12 bits per heavy atom. The first-order valence-corrected chi connectivity index (χ1v) is 6.61. The molecule has 1 saturated carbocycles. The van der Waals surface area contributed by atoms with Crippen LogP contribution < -0.4 is 0 Å². The summed E-state index contributed by atoms with van der Waals surface area (Å²) in [6, 6.07) is 8.36. The van der Waals surface area contributed by atoms with Crippen LogP contribution in [0.25, 0.3) is 0 Å². The molecule has 1 aromatic rings. The Kier molecular flexibility index (Phi) is 3.01. The molecule has 0 radical (unpaired) electrons. The van der Waals surface area contributed by atoms with E-state index < -0.39 is 0 Å². The topological polar surface area (TPSA) is 21.8 Å². The summed E-state index contributed by atoms with van der Waals surface area (Å²) >= 11 is 3.60. The third-order valence-electron chi connectivity index (χ3n) is 3.13. The summed E-state index contributed by atoms with van der Waals surface area (Å²) < 4.78 is 12.3. The lowest BCUT2D eigenvalue weighted by atomic mass is 10.1. The maximum atomic E-state index is 6.00. The Bertz CT molecular complexity index is 372. The van der Waals surface area contributed by atoms with Crippen LogP contribution in [-0.2, 0) is 9.47 Å². The van der Waals surface area contributed by atoms with Crippen LogP contribution >= 0.6 is 15.9 Å². The molecule has 3 rings (SSSR count). The van der Waals surface area contributed by atoms with Gasteiger partial charge in [0, 0.05) is 4.47 Å². The van der Waals surface area contributed by atoms with Gasteiger partial charge in [-0.25, -0.2) is 0 Å². The van der Waals surface area contributed by atoms with Crippen molar-refractivity contribution in [3.63, 3.8) is 0 Å². The quantitative estimate of drug-likeness (QED) is 0.773. The van der Waals surface area contributed by atoms with Crippen LogP contribution in [0, 0.1) is 5.92 Å². The van der Waals surface area contributed by atoms with Crippen molar-refractivity contribution in [2.75, 3.05) is 13.2 Å². The lowest BCUT2D eigenvalue weighted by Gasteiger charge is -2.18. The van der Waals surface area contributed by atoms with Crippen molar-refractivity contribution in [2.45, 2.75) is 25.0 Å². The Hall–Kier alpha value is -0.380. The maximum Gasteiger partial charge on any atom is 0.104 e. The highest BCUT2D eigenvalue weighted by Crippen LogP contribution is 2.45. The molecule has 1 aromatic carbocycles. The Morgan fingerprint density at radius 3 is 2.75 bits per heavy atom. The van der Waals surface area contributed by atoms with Gasteiger partial charge >= 0.3 is 0 Å². The SMILES string of the molecule is Brc1ccccc1[C@@H](OC[C@H]1CO1)C1CC1. The van der Waals surface area contributed by atoms with Gasteiger partial charge in [0.1, 0.15) is 6.10 Å². The highest BCUT2D eigenvalue weighted by Gasteiger charge is 2.35. The summed E-state index contributed by atoms with van der Waals surface area (Å²) in [6.45, 7) is 1.61. The number of hydrogen-bond donors (Lipinski definition) is 0. The second-order valence-electron chi connectivity index (χ2n) is 4.57. The largest absolute Gasteiger partial charge is 0.371 e. The lowest BCUT2D eigenvalue weighted by molar-refractivity contribution is 0.0271. The molecular formula is C13H15BrO2. The smallest absolute Gasteiger partial charge is 0.104 e. The molecule has 16 heavy (non-hydrogen) atoms. The first-order valence-electron chi connectivity index (χ1n) is 5.82. The van der Waals surface area contributed by atoms with E-state index in [1.165, 1.54) is 18.4 Å². The van der Waals surface area contributed by atoms with E-state index in [1.807, 2.05) is 6.07 Å². The number of halogens is 1. The number of rotatable bonds is 5. The van der Waals surface area contributed by atoms with E-state index in [1.54, 1.807) is 0 Å². The summed E-state index contributed by atoms with van der Waals surface area (Å²) in [5.74, 6) is 0.706. The zero-order chi connectivity index (χ0) is 11.0. The molecule has 0 amide bonds. The van der Waals surface area contributed by atoms with E-state index in [0.29, 0.717) is 12.0 Å². The van der Waals surface area contributed by atoms with Gasteiger partial charge in [0.15, 0.2) is 0 Å². The molecule has 1 aliphatic heterocycles. The van der Waals surface area contributed by atoms with Crippen LogP contribution in [0.5, 0.6) is 0 Å². The molecule has 2 fully saturated rings. The van der Waals surface area contributed by atoms with Gasteiger partial charge in [0.05, 0.1) is 19.3 Å². The number of benzene rings is 1. The number of hydrogen-bond acceptors (Lipinski definition) is 2. The molecule has 1 saturated heterocycles. The lowest BCUT2D eigenvalue weighted by Crippen LogP contribution is -2.11. The fourth-order valence-corrected chi connectivity index (χ4v) is 2.47. The minimum Gasteiger partial charge on any atom is -0.371 e. The van der Waals surface area contributed by atoms with Crippen molar-refractivity contribution in [3.8, 4) is 0 Å². The Labute approximate surface area is 104 Å². The van der Waals surface area contributed by atoms with Crippen LogP contribution in [0.2, 0.25) is 0 Å². The summed E-state index contributed by atoms with van der Waals surface area (Å²) in [4.78, 5) is 0. The van der Waals surface area contributed by atoms with Crippen LogP contribution in [0.15, 0.2) is 28.7 Å². The van der Waals surface area contributed by atoms with Crippen molar-refractivity contribution in [1.82, 2.24) is 0 Å². The van der Waals surface area contributed by atoms with Crippen molar-refractivity contribution < 1.29 is 9.47 Å². The molecule has 2 nitrogen and oxygen atoms in total. The van der Waals surface area contributed by atoms with Crippen molar-refractivity contribution >= 4 is 15.9 Å². The van der Waals surface area contributed by atoms with Crippen molar-refractivity contribution in [1.29, 1.82) is 0 Å². The van der Waals surface area contributed by atoms with E-state index in [-0.39, 0.29) is 6.10 Å². The second kappa shape index (κ2) is 4.47. The van der Waals surface area contributed by atoms with E-state index in [9.17, 15) is 0 Å². The van der Waals surface area contributed by atoms with Gasteiger partial charge < -0.3 is 9.47 Å². The molecule has 0 unspecified atom stereocenters. The first-order chi connectivity index (χ1) is 7.84. The average molecular weight is 283 g/mol. The molecule has 0 aromatic heterocycles. The summed E-state index contributed by atoms with van der Waals surface area (Å²) in [7, 11) is 0. The summed E-state index contributed by atoms with van der Waals surface area (Å²) in [5.41, 5.74) is 1.28. The zero-order valence-corrected chi connectivity index (χ0v) is 10.7. The van der Waals surface area contributed by atoms with Crippen LogP contribution in [0.3, 0.4) is 0 Å². The summed E-state index contributed by atoms with van der Waals surface area (Å²) in [6.07, 6.45) is 3.18.